The van der Waals surface area contributed by atoms with Crippen LogP contribution in [0.25, 0.3) is 27.8 Å². The van der Waals surface area contributed by atoms with Crippen LogP contribution in [0.1, 0.15) is 6.92 Å². The lowest BCUT2D eigenvalue weighted by Gasteiger charge is -2.11. The number of hydrogen-bond acceptors (Lipinski definition) is 4. The number of alkyl halides is 2. The second-order valence-corrected chi connectivity index (χ2v) is 6.04. The Morgan fingerprint density at radius 3 is 2.85 bits per heavy atom. The Balaban J connectivity index is 1.78. The van der Waals surface area contributed by atoms with Crippen molar-refractivity contribution in [2.45, 2.75) is 12.8 Å². The number of nitrogens with one attached hydrogen (secondary N) is 1. The quantitative estimate of drug-likeness (QED) is 0.609. The number of para-hydroxylation sites is 1. The van der Waals surface area contributed by atoms with Gasteiger partial charge in [-0.3, -0.25) is 4.79 Å². The maximum atomic E-state index is 13.0. The smallest absolute Gasteiger partial charge is 0.278 e. The molecule has 1 aromatic carbocycles. The van der Waals surface area contributed by atoms with Crippen molar-refractivity contribution in [2.75, 3.05) is 6.61 Å². The molecule has 0 spiro atoms. The number of H-pyrrole nitrogens is 1. The topological polar surface area (TPSA) is 72.3 Å². The van der Waals surface area contributed by atoms with E-state index in [-0.39, 0.29) is 11.4 Å². The summed E-state index contributed by atoms with van der Waals surface area (Å²) in [5.74, 6) is -2.86. The summed E-state index contributed by atoms with van der Waals surface area (Å²) >= 11 is 0. The number of rotatable bonds is 4. The van der Waals surface area contributed by atoms with Gasteiger partial charge in [0.1, 0.15) is 5.65 Å². The van der Waals surface area contributed by atoms with Crippen molar-refractivity contribution in [1.82, 2.24) is 19.6 Å². The molecule has 8 heteroatoms. The van der Waals surface area contributed by atoms with Gasteiger partial charge in [-0.2, -0.15) is 5.10 Å². The second kappa shape index (κ2) is 5.91. The van der Waals surface area contributed by atoms with Crippen LogP contribution < -0.4 is 10.3 Å². The lowest BCUT2D eigenvalue weighted by Crippen LogP contribution is -2.21. The molecule has 4 aromatic rings. The van der Waals surface area contributed by atoms with Crippen LogP contribution in [0, 0.1) is 0 Å². The largest absolute Gasteiger partial charge is 0.471 e. The van der Waals surface area contributed by atoms with Crippen molar-refractivity contribution < 1.29 is 13.5 Å². The molecule has 0 unspecified atom stereocenters. The number of halogens is 2. The molecule has 26 heavy (non-hydrogen) atoms. The summed E-state index contributed by atoms with van der Waals surface area (Å²) in [6, 6.07) is 12.1. The molecule has 3 aromatic heterocycles. The standard InChI is InChI=1S/C18H14F2N4O2/c1-18(19,20)10-26-16-8-11(6-7-21-16)13-9-15-22-17(25)12-4-2-3-5-14(12)24(15)23-13/h2-9H,10H2,1H3,(H,22,25). The van der Waals surface area contributed by atoms with Crippen molar-refractivity contribution in [3.8, 4) is 17.1 Å². The maximum Gasteiger partial charge on any atom is 0.278 e. The van der Waals surface area contributed by atoms with Crippen LogP contribution in [0.3, 0.4) is 0 Å². The highest BCUT2D eigenvalue weighted by Gasteiger charge is 2.22. The summed E-state index contributed by atoms with van der Waals surface area (Å²) < 4.78 is 32.6. The summed E-state index contributed by atoms with van der Waals surface area (Å²) in [5.41, 5.74) is 2.20. The average molecular weight is 356 g/mol. The monoisotopic (exact) mass is 356 g/mol. The molecule has 0 amide bonds. The molecule has 4 rings (SSSR count). The number of fused-ring (bicyclic) bond motifs is 3. The molecule has 132 valence electrons. The predicted octanol–water partition coefficient (Wildman–Crippen LogP) is 3.27. The fraction of sp³-hybridized carbons (Fsp3) is 0.167. The van der Waals surface area contributed by atoms with Gasteiger partial charge in [-0.25, -0.2) is 18.3 Å². The highest BCUT2D eigenvalue weighted by Crippen LogP contribution is 2.24. The first-order valence-corrected chi connectivity index (χ1v) is 7.89. The minimum Gasteiger partial charge on any atom is -0.471 e. The van der Waals surface area contributed by atoms with Crippen LogP contribution in [0.2, 0.25) is 0 Å². The lowest BCUT2D eigenvalue weighted by molar-refractivity contribution is -0.0242. The minimum absolute atomic E-state index is 0.0828. The van der Waals surface area contributed by atoms with Crippen LogP contribution in [-0.4, -0.2) is 32.1 Å². The van der Waals surface area contributed by atoms with Gasteiger partial charge in [0.15, 0.2) is 6.61 Å². The maximum absolute atomic E-state index is 13.0. The van der Waals surface area contributed by atoms with Crippen molar-refractivity contribution in [1.29, 1.82) is 0 Å². The molecular weight excluding hydrogens is 342 g/mol. The third-order valence-corrected chi connectivity index (χ3v) is 3.83. The first kappa shape index (κ1) is 16.2. The van der Waals surface area contributed by atoms with Gasteiger partial charge in [-0.15, -0.1) is 0 Å². The molecular formula is C18H14F2N4O2. The van der Waals surface area contributed by atoms with Crippen molar-refractivity contribution >= 4 is 16.6 Å². The van der Waals surface area contributed by atoms with Gasteiger partial charge in [-0.1, -0.05) is 12.1 Å². The number of benzene rings is 1. The summed E-state index contributed by atoms with van der Waals surface area (Å²) in [6.45, 7) is 0.0208. The SMILES string of the molecule is CC(F)(F)COc1cc(-c2cc3[nH]c(=O)c4ccccc4n3n2)ccn1. The Bertz CT molecular complexity index is 1160. The number of ether oxygens (including phenoxy) is 1. The van der Waals surface area contributed by atoms with E-state index in [1.54, 1.807) is 34.8 Å². The Morgan fingerprint density at radius 2 is 2.04 bits per heavy atom. The Hall–Kier alpha value is -3.29. The van der Waals surface area contributed by atoms with E-state index in [2.05, 4.69) is 15.1 Å². The second-order valence-electron chi connectivity index (χ2n) is 6.04. The van der Waals surface area contributed by atoms with E-state index in [0.717, 1.165) is 6.92 Å². The zero-order valence-corrected chi connectivity index (χ0v) is 13.7. The van der Waals surface area contributed by atoms with Gasteiger partial charge in [-0.05, 0) is 18.2 Å². The van der Waals surface area contributed by atoms with E-state index in [9.17, 15) is 13.6 Å². The minimum atomic E-state index is -2.95. The third kappa shape index (κ3) is 3.01. The molecule has 0 aliphatic heterocycles. The summed E-state index contributed by atoms with van der Waals surface area (Å²) in [4.78, 5) is 18.9. The zero-order chi connectivity index (χ0) is 18.3. The predicted molar refractivity (Wildman–Crippen MR) is 92.7 cm³/mol. The summed E-state index contributed by atoms with van der Waals surface area (Å²) in [7, 11) is 0. The molecule has 0 aliphatic carbocycles. The molecule has 1 N–H and O–H groups in total. The van der Waals surface area contributed by atoms with Crippen LogP contribution in [-0.2, 0) is 0 Å². The molecule has 6 nitrogen and oxygen atoms in total. The fourth-order valence-electron chi connectivity index (χ4n) is 2.68. The van der Waals surface area contributed by atoms with Gasteiger partial charge < -0.3 is 9.72 Å². The molecule has 0 saturated carbocycles. The van der Waals surface area contributed by atoms with Crippen LogP contribution in [0.15, 0.2) is 53.5 Å². The number of aromatic amines is 1. The van der Waals surface area contributed by atoms with Gasteiger partial charge in [0.2, 0.25) is 5.88 Å². The Morgan fingerprint density at radius 1 is 1.23 bits per heavy atom. The highest BCUT2D eigenvalue weighted by atomic mass is 19.3. The number of hydrogen-bond donors (Lipinski definition) is 1. The Kier molecular flexibility index (Phi) is 3.68. The Labute approximate surface area is 146 Å². The van der Waals surface area contributed by atoms with Gasteiger partial charge in [0, 0.05) is 30.8 Å². The molecule has 0 saturated heterocycles. The van der Waals surface area contributed by atoms with Gasteiger partial charge >= 0.3 is 0 Å². The number of nitrogens with zero attached hydrogens (tertiary/aromatic N) is 3. The normalized spacial score (nSPS) is 12.0. The molecule has 0 bridgehead atoms. The average Bonchev–Trinajstić information content (AvgIpc) is 3.04. The number of aromatic nitrogens is 4. The molecule has 0 atom stereocenters. The van der Waals surface area contributed by atoms with E-state index in [1.807, 2.05) is 6.07 Å². The zero-order valence-electron chi connectivity index (χ0n) is 13.7. The van der Waals surface area contributed by atoms with Crippen molar-refractivity contribution in [3.05, 3.63) is 59.0 Å². The van der Waals surface area contributed by atoms with Gasteiger partial charge in [0.25, 0.3) is 11.5 Å². The number of pyridine rings is 1. The van der Waals surface area contributed by atoms with E-state index in [4.69, 9.17) is 4.74 Å². The first-order valence-electron chi connectivity index (χ1n) is 7.89. The van der Waals surface area contributed by atoms with E-state index >= 15 is 0 Å². The molecule has 0 aliphatic rings. The van der Waals surface area contributed by atoms with Crippen LogP contribution >= 0.6 is 0 Å². The van der Waals surface area contributed by atoms with Crippen LogP contribution in [0.5, 0.6) is 5.88 Å². The third-order valence-electron chi connectivity index (χ3n) is 3.83. The van der Waals surface area contributed by atoms with E-state index in [1.165, 1.54) is 12.3 Å². The fourth-order valence-corrected chi connectivity index (χ4v) is 2.68. The van der Waals surface area contributed by atoms with Crippen LogP contribution in [0.4, 0.5) is 8.78 Å². The summed E-state index contributed by atoms with van der Waals surface area (Å²) in [5, 5.41) is 5.04. The highest BCUT2D eigenvalue weighted by molar-refractivity contribution is 5.81. The molecule has 0 fully saturated rings. The van der Waals surface area contributed by atoms with Crippen molar-refractivity contribution in [3.63, 3.8) is 0 Å². The van der Waals surface area contributed by atoms with E-state index in [0.29, 0.717) is 27.8 Å². The van der Waals surface area contributed by atoms with Gasteiger partial charge in [0.05, 0.1) is 16.6 Å². The summed E-state index contributed by atoms with van der Waals surface area (Å²) in [6.07, 6.45) is 1.46. The van der Waals surface area contributed by atoms with Crippen molar-refractivity contribution in [2.24, 2.45) is 0 Å². The lowest BCUT2D eigenvalue weighted by atomic mass is 10.2. The van der Waals surface area contributed by atoms with E-state index < -0.39 is 12.5 Å². The first-order chi connectivity index (χ1) is 12.4. The molecule has 3 heterocycles. The molecule has 0 radical (unpaired) electrons.